The van der Waals surface area contributed by atoms with E-state index in [0.29, 0.717) is 31.8 Å². The fraction of sp³-hybridized carbons (Fsp3) is 1.00. The van der Waals surface area contributed by atoms with Gasteiger partial charge >= 0.3 is 0 Å². The van der Waals surface area contributed by atoms with Crippen molar-refractivity contribution in [1.82, 2.24) is 5.32 Å². The summed E-state index contributed by atoms with van der Waals surface area (Å²) in [7, 11) is 0. The van der Waals surface area contributed by atoms with Gasteiger partial charge in [0.2, 0.25) is 0 Å². The van der Waals surface area contributed by atoms with Gasteiger partial charge in [0.15, 0.2) is 0 Å². The van der Waals surface area contributed by atoms with Crippen molar-refractivity contribution in [2.75, 3.05) is 52.7 Å². The summed E-state index contributed by atoms with van der Waals surface area (Å²) in [6.07, 6.45) is 7.80. The minimum atomic E-state index is 0.635. The van der Waals surface area contributed by atoms with Crippen LogP contribution < -0.4 is 5.32 Å². The van der Waals surface area contributed by atoms with Gasteiger partial charge in [0, 0.05) is 19.7 Å². The Bertz CT molecular complexity index is 232. The van der Waals surface area contributed by atoms with E-state index in [0.717, 1.165) is 32.7 Å². The first-order valence-corrected chi connectivity index (χ1v) is 8.77. The topological polar surface area (TPSA) is 39.7 Å². The Morgan fingerprint density at radius 3 is 2.00 bits per heavy atom. The maximum Gasteiger partial charge on any atom is 0.0701 e. The van der Waals surface area contributed by atoms with Crippen LogP contribution in [-0.4, -0.2) is 52.7 Å². The van der Waals surface area contributed by atoms with Crippen LogP contribution in [0.3, 0.4) is 0 Å². The second-order valence-electron chi connectivity index (χ2n) is 6.12. The average molecular weight is 301 g/mol. The highest BCUT2D eigenvalue weighted by Crippen LogP contribution is 2.48. The molecule has 4 nitrogen and oxygen atoms in total. The van der Waals surface area contributed by atoms with Crippen LogP contribution in [0, 0.1) is 5.41 Å². The lowest BCUT2D eigenvalue weighted by Crippen LogP contribution is -2.27. The Labute approximate surface area is 130 Å². The monoisotopic (exact) mass is 301 g/mol. The fourth-order valence-electron chi connectivity index (χ4n) is 2.51. The van der Waals surface area contributed by atoms with Crippen molar-refractivity contribution >= 4 is 0 Å². The highest BCUT2D eigenvalue weighted by Gasteiger charge is 2.40. The predicted molar refractivity (Wildman–Crippen MR) is 86.8 cm³/mol. The molecule has 0 aromatic carbocycles. The maximum atomic E-state index is 5.55. The lowest BCUT2D eigenvalue weighted by Gasteiger charge is -2.14. The first-order chi connectivity index (χ1) is 10.3. The molecule has 126 valence electrons. The summed E-state index contributed by atoms with van der Waals surface area (Å²) in [5, 5.41) is 3.52. The van der Waals surface area contributed by atoms with Crippen LogP contribution >= 0.6 is 0 Å². The third-order valence-corrected chi connectivity index (χ3v) is 4.05. The molecule has 0 aromatic heterocycles. The summed E-state index contributed by atoms with van der Waals surface area (Å²) in [4.78, 5) is 0. The molecular weight excluding hydrogens is 266 g/mol. The van der Waals surface area contributed by atoms with Gasteiger partial charge in [-0.15, -0.1) is 0 Å². The van der Waals surface area contributed by atoms with Gasteiger partial charge in [0.05, 0.1) is 33.0 Å². The molecule has 21 heavy (non-hydrogen) atoms. The molecule has 0 amide bonds. The fourth-order valence-corrected chi connectivity index (χ4v) is 2.51. The smallest absolute Gasteiger partial charge is 0.0701 e. The molecule has 0 atom stereocenters. The third-order valence-electron chi connectivity index (χ3n) is 4.05. The van der Waals surface area contributed by atoms with E-state index >= 15 is 0 Å². The van der Waals surface area contributed by atoms with Crippen molar-refractivity contribution in [1.29, 1.82) is 0 Å². The van der Waals surface area contributed by atoms with Crippen LogP contribution in [0.25, 0.3) is 0 Å². The molecule has 1 saturated carbocycles. The Morgan fingerprint density at radius 1 is 0.810 bits per heavy atom. The van der Waals surface area contributed by atoms with Crippen LogP contribution in [-0.2, 0) is 14.2 Å². The van der Waals surface area contributed by atoms with Crippen molar-refractivity contribution in [3.8, 4) is 0 Å². The summed E-state index contributed by atoms with van der Waals surface area (Å²) in [6, 6.07) is 0. The molecule has 0 aromatic rings. The van der Waals surface area contributed by atoms with Gasteiger partial charge in [0.25, 0.3) is 0 Å². The molecule has 0 unspecified atom stereocenters. The van der Waals surface area contributed by atoms with Crippen molar-refractivity contribution < 1.29 is 14.2 Å². The van der Waals surface area contributed by atoms with E-state index in [1.54, 1.807) is 0 Å². The number of unbranched alkanes of at least 4 members (excludes halogenated alkanes) is 1. The van der Waals surface area contributed by atoms with Crippen LogP contribution in [0.2, 0.25) is 0 Å². The van der Waals surface area contributed by atoms with Gasteiger partial charge in [-0.25, -0.2) is 0 Å². The van der Waals surface area contributed by atoms with Gasteiger partial charge in [-0.1, -0.05) is 26.7 Å². The molecule has 0 radical (unpaired) electrons. The third kappa shape index (κ3) is 10.2. The molecule has 1 rings (SSSR count). The maximum absolute atomic E-state index is 5.55. The lowest BCUT2D eigenvalue weighted by atomic mass is 10.0. The Morgan fingerprint density at radius 2 is 1.43 bits per heavy atom. The first-order valence-electron chi connectivity index (χ1n) is 8.77. The number of hydrogen-bond acceptors (Lipinski definition) is 4. The molecule has 4 heteroatoms. The highest BCUT2D eigenvalue weighted by atomic mass is 16.5. The number of hydrogen-bond donors (Lipinski definition) is 1. The van der Waals surface area contributed by atoms with Crippen molar-refractivity contribution in [2.24, 2.45) is 5.41 Å². The zero-order valence-corrected chi connectivity index (χ0v) is 14.1. The van der Waals surface area contributed by atoms with E-state index in [1.807, 2.05) is 0 Å². The van der Waals surface area contributed by atoms with E-state index < -0.39 is 0 Å². The molecule has 0 heterocycles. The Balaban J connectivity index is 1.71. The number of nitrogens with one attached hydrogen (secondary N) is 1. The minimum Gasteiger partial charge on any atom is -0.379 e. The summed E-state index contributed by atoms with van der Waals surface area (Å²) < 4.78 is 16.4. The zero-order chi connectivity index (χ0) is 15.2. The summed E-state index contributed by atoms with van der Waals surface area (Å²) in [5.41, 5.74) is 0.635. The normalized spacial score (nSPS) is 16.3. The summed E-state index contributed by atoms with van der Waals surface area (Å²) >= 11 is 0. The second kappa shape index (κ2) is 12.4. The highest BCUT2D eigenvalue weighted by molar-refractivity contribution is 4.94. The molecule has 0 bridgehead atoms. The molecule has 0 spiro atoms. The van der Waals surface area contributed by atoms with Crippen LogP contribution in [0.5, 0.6) is 0 Å². The summed E-state index contributed by atoms with van der Waals surface area (Å²) in [6.45, 7) is 10.9. The Hall–Kier alpha value is -0.160. The molecule has 0 aliphatic heterocycles. The van der Waals surface area contributed by atoms with E-state index in [2.05, 4.69) is 19.2 Å². The van der Waals surface area contributed by atoms with Crippen LogP contribution in [0.15, 0.2) is 0 Å². The quantitative estimate of drug-likeness (QED) is 0.445. The first kappa shape index (κ1) is 18.9. The molecule has 1 N–H and O–H groups in total. The lowest BCUT2D eigenvalue weighted by molar-refractivity contribution is 0.0145. The molecule has 1 fully saturated rings. The molecule has 1 aliphatic rings. The van der Waals surface area contributed by atoms with E-state index in [-0.39, 0.29) is 0 Å². The average Bonchev–Trinajstić information content (AvgIpc) is 3.24. The van der Waals surface area contributed by atoms with E-state index in [9.17, 15) is 0 Å². The number of ether oxygens (including phenoxy) is 3. The van der Waals surface area contributed by atoms with Crippen molar-refractivity contribution in [3.05, 3.63) is 0 Å². The minimum absolute atomic E-state index is 0.635. The van der Waals surface area contributed by atoms with Gasteiger partial charge in [-0.05, 0) is 31.1 Å². The predicted octanol–water partition coefficient (Wildman–Crippen LogP) is 3.01. The van der Waals surface area contributed by atoms with E-state index in [1.165, 1.54) is 32.1 Å². The van der Waals surface area contributed by atoms with Crippen molar-refractivity contribution in [3.63, 3.8) is 0 Å². The van der Waals surface area contributed by atoms with Gasteiger partial charge in [0.1, 0.15) is 0 Å². The largest absolute Gasteiger partial charge is 0.379 e. The van der Waals surface area contributed by atoms with Crippen LogP contribution in [0.1, 0.15) is 52.4 Å². The molecular formula is C17H35NO3. The molecule has 0 saturated heterocycles. The zero-order valence-electron chi connectivity index (χ0n) is 14.1. The Kier molecular flexibility index (Phi) is 11.1. The van der Waals surface area contributed by atoms with Gasteiger partial charge in [-0.2, -0.15) is 0 Å². The van der Waals surface area contributed by atoms with Gasteiger partial charge < -0.3 is 19.5 Å². The van der Waals surface area contributed by atoms with E-state index in [4.69, 9.17) is 14.2 Å². The van der Waals surface area contributed by atoms with Gasteiger partial charge in [-0.3, -0.25) is 0 Å². The van der Waals surface area contributed by atoms with Crippen LogP contribution in [0.4, 0.5) is 0 Å². The SMILES string of the molecule is CCCCOCCOCCOCCNCC1(CCC)CC1. The summed E-state index contributed by atoms with van der Waals surface area (Å²) in [5.74, 6) is 0. The number of rotatable bonds is 16. The standard InChI is InChI=1S/C17H35NO3/c1-3-5-10-19-12-14-21-15-13-20-11-9-18-16-17(6-4-2)7-8-17/h18H,3-16H2,1-2H3. The second-order valence-corrected chi connectivity index (χ2v) is 6.12. The molecule has 1 aliphatic carbocycles. The van der Waals surface area contributed by atoms with Crippen molar-refractivity contribution in [2.45, 2.75) is 52.4 Å².